The minimum absolute atomic E-state index is 0.0317. The third-order valence-corrected chi connectivity index (χ3v) is 7.95. The lowest BCUT2D eigenvalue weighted by Gasteiger charge is -2.45. The third-order valence-electron chi connectivity index (χ3n) is 7.95. The van der Waals surface area contributed by atoms with Gasteiger partial charge in [0.2, 0.25) is 5.76 Å². The summed E-state index contributed by atoms with van der Waals surface area (Å²) in [7, 11) is 2.22. The van der Waals surface area contributed by atoms with E-state index in [4.69, 9.17) is 4.42 Å². The van der Waals surface area contributed by atoms with E-state index >= 15 is 0 Å². The molecule has 2 unspecified atom stereocenters. The Kier molecular flexibility index (Phi) is 7.14. The number of hydrogen-bond donors (Lipinski definition) is 2. The second kappa shape index (κ2) is 10.4. The summed E-state index contributed by atoms with van der Waals surface area (Å²) in [6.45, 7) is 7.23. The Morgan fingerprint density at radius 3 is 2.83 bits per heavy atom. The van der Waals surface area contributed by atoms with Crippen LogP contribution in [0.3, 0.4) is 0 Å². The van der Waals surface area contributed by atoms with Gasteiger partial charge in [0.05, 0.1) is 6.20 Å². The Labute approximate surface area is 208 Å². The fourth-order valence-electron chi connectivity index (χ4n) is 5.51. The number of nitrogens with one attached hydrogen (secondary N) is 2. The predicted molar refractivity (Wildman–Crippen MR) is 140 cm³/mol. The molecule has 7 nitrogen and oxygen atoms in total. The first-order valence-electron chi connectivity index (χ1n) is 13.2. The second-order valence-electron chi connectivity index (χ2n) is 10.9. The average Bonchev–Trinajstić information content (AvgIpc) is 3.46. The number of aromatic amines is 1. The van der Waals surface area contributed by atoms with Crippen molar-refractivity contribution in [2.45, 2.75) is 64.5 Å². The highest BCUT2D eigenvalue weighted by atomic mass is 16.4. The van der Waals surface area contributed by atoms with Crippen LogP contribution < -0.4 is 10.2 Å². The largest absolute Gasteiger partial charge is 0.418 e. The van der Waals surface area contributed by atoms with Gasteiger partial charge in [0.25, 0.3) is 11.9 Å². The number of anilines is 1. The summed E-state index contributed by atoms with van der Waals surface area (Å²) in [5.41, 5.74) is 2.36. The molecule has 188 valence electrons. The van der Waals surface area contributed by atoms with E-state index in [1.54, 1.807) is 6.20 Å². The summed E-state index contributed by atoms with van der Waals surface area (Å²) in [5, 5.41) is 4.46. The van der Waals surface area contributed by atoms with Gasteiger partial charge in [0.15, 0.2) is 0 Å². The molecule has 2 aliphatic rings. The van der Waals surface area contributed by atoms with Crippen molar-refractivity contribution in [2.24, 2.45) is 11.8 Å². The summed E-state index contributed by atoms with van der Waals surface area (Å²) < 4.78 is 6.01. The number of fused-ring (bicyclic) bond motifs is 1. The van der Waals surface area contributed by atoms with E-state index in [0.29, 0.717) is 23.7 Å². The highest BCUT2D eigenvalue weighted by Crippen LogP contribution is 2.34. The van der Waals surface area contributed by atoms with Crippen LogP contribution in [0.2, 0.25) is 0 Å². The van der Waals surface area contributed by atoms with Crippen LogP contribution in [0.5, 0.6) is 0 Å². The fourth-order valence-corrected chi connectivity index (χ4v) is 5.51. The van der Waals surface area contributed by atoms with Crippen LogP contribution in [0, 0.1) is 11.8 Å². The predicted octanol–water partition coefficient (Wildman–Crippen LogP) is 4.85. The minimum atomic E-state index is -0.179. The number of carbonyl (C=O) groups is 1. The maximum absolute atomic E-state index is 13.2. The first-order valence-corrected chi connectivity index (χ1v) is 13.2. The van der Waals surface area contributed by atoms with Crippen LogP contribution in [0.25, 0.3) is 10.9 Å². The van der Waals surface area contributed by atoms with Gasteiger partial charge in [-0.1, -0.05) is 38.5 Å². The lowest BCUT2D eigenvalue weighted by atomic mass is 9.78. The molecule has 1 saturated carbocycles. The smallest absolute Gasteiger partial charge is 0.298 e. The molecule has 7 heteroatoms. The first-order chi connectivity index (χ1) is 17.0. The molecule has 3 heterocycles. The summed E-state index contributed by atoms with van der Waals surface area (Å²) in [4.78, 5) is 25.7. The molecule has 1 aliphatic heterocycles. The van der Waals surface area contributed by atoms with E-state index in [9.17, 15) is 4.79 Å². The van der Waals surface area contributed by atoms with Crippen LogP contribution >= 0.6 is 0 Å². The zero-order valence-corrected chi connectivity index (χ0v) is 21.3. The van der Waals surface area contributed by atoms with E-state index in [0.717, 1.165) is 50.3 Å². The monoisotopic (exact) mass is 477 g/mol. The SMILES string of the molecule is CC(C)CCC(Cc1c[nH]c2ccccc12)NC(=O)c1cnc(N2CCN(C)C(C3CCC3)C2)o1. The van der Waals surface area contributed by atoms with Crippen molar-refractivity contribution in [1.29, 1.82) is 0 Å². The van der Waals surface area contributed by atoms with Crippen LogP contribution in [-0.4, -0.2) is 59.5 Å². The van der Waals surface area contributed by atoms with Gasteiger partial charge in [-0.05, 0) is 62.6 Å². The Morgan fingerprint density at radius 2 is 2.06 bits per heavy atom. The van der Waals surface area contributed by atoms with Crippen molar-refractivity contribution in [1.82, 2.24) is 20.2 Å². The van der Waals surface area contributed by atoms with E-state index in [1.807, 2.05) is 6.07 Å². The van der Waals surface area contributed by atoms with Crippen LogP contribution in [0.1, 0.15) is 62.1 Å². The summed E-state index contributed by atoms with van der Waals surface area (Å²) in [6.07, 6.45) is 10.4. The summed E-state index contributed by atoms with van der Waals surface area (Å²) in [6, 6.07) is 9.47. The number of piperazine rings is 1. The van der Waals surface area contributed by atoms with E-state index in [2.05, 4.69) is 70.4 Å². The molecule has 0 radical (unpaired) electrons. The average molecular weight is 478 g/mol. The Morgan fingerprint density at radius 1 is 1.23 bits per heavy atom. The molecular formula is C28H39N5O2. The highest BCUT2D eigenvalue weighted by molar-refractivity contribution is 5.91. The molecule has 2 fully saturated rings. The van der Waals surface area contributed by atoms with Gasteiger partial charge in [-0.2, -0.15) is 0 Å². The maximum Gasteiger partial charge on any atom is 0.298 e. The van der Waals surface area contributed by atoms with Gasteiger partial charge >= 0.3 is 0 Å². The Balaban J connectivity index is 1.26. The molecular weight excluding hydrogens is 438 g/mol. The number of amides is 1. The van der Waals surface area contributed by atoms with Gasteiger partial charge in [0, 0.05) is 48.8 Å². The molecule has 2 atom stereocenters. The normalized spacial score (nSPS) is 20.3. The van der Waals surface area contributed by atoms with Gasteiger partial charge in [0.1, 0.15) is 0 Å². The third kappa shape index (κ3) is 5.40. The molecule has 1 aliphatic carbocycles. The number of nitrogens with zero attached hydrogens (tertiary/aromatic N) is 3. The van der Waals surface area contributed by atoms with Gasteiger partial charge in [-0.3, -0.25) is 9.69 Å². The number of rotatable bonds is 9. The number of H-pyrrole nitrogens is 1. The number of carbonyl (C=O) groups excluding carboxylic acids is 1. The molecule has 2 N–H and O–H groups in total. The number of aromatic nitrogens is 2. The van der Waals surface area contributed by atoms with E-state index in [-0.39, 0.29) is 11.9 Å². The van der Waals surface area contributed by atoms with Crippen LogP contribution in [0.15, 0.2) is 41.1 Å². The number of likely N-dealkylation sites (N-methyl/N-ethyl adjacent to an activating group) is 1. The van der Waals surface area contributed by atoms with Gasteiger partial charge in [-0.25, -0.2) is 4.98 Å². The Hall–Kier alpha value is -2.80. The number of oxazole rings is 1. The minimum Gasteiger partial charge on any atom is -0.418 e. The fraction of sp³-hybridized carbons (Fsp3) is 0.571. The van der Waals surface area contributed by atoms with Gasteiger partial charge in [-0.15, -0.1) is 0 Å². The van der Waals surface area contributed by atoms with Crippen molar-refractivity contribution < 1.29 is 9.21 Å². The van der Waals surface area contributed by atoms with Crippen molar-refractivity contribution in [3.05, 3.63) is 48.0 Å². The number of hydrogen-bond acceptors (Lipinski definition) is 5. The Bertz CT molecular complexity index is 1130. The molecule has 1 saturated heterocycles. The topological polar surface area (TPSA) is 77.4 Å². The first kappa shape index (κ1) is 23.9. The van der Waals surface area contributed by atoms with Crippen LogP contribution in [-0.2, 0) is 6.42 Å². The molecule has 5 rings (SSSR count). The number of para-hydroxylation sites is 1. The van der Waals surface area contributed by atoms with E-state index < -0.39 is 0 Å². The molecule has 1 amide bonds. The summed E-state index contributed by atoms with van der Waals surface area (Å²) >= 11 is 0. The molecule has 2 aromatic heterocycles. The molecule has 0 spiro atoms. The highest BCUT2D eigenvalue weighted by Gasteiger charge is 2.35. The van der Waals surface area contributed by atoms with Crippen molar-refractivity contribution in [2.75, 3.05) is 31.6 Å². The maximum atomic E-state index is 13.2. The van der Waals surface area contributed by atoms with E-state index in [1.165, 1.54) is 30.2 Å². The lowest BCUT2D eigenvalue weighted by molar-refractivity contribution is 0.0902. The molecule has 0 bridgehead atoms. The zero-order valence-electron chi connectivity index (χ0n) is 21.3. The standard InChI is InChI=1S/C28H39N5O2/c1-19(2)11-12-22(15-21-16-29-24-10-5-4-9-23(21)24)31-27(34)26-17-30-28(35-26)33-14-13-32(3)25(18-33)20-7-6-8-20/h4-5,9-10,16-17,19-20,22,25,29H,6-8,11-15,18H2,1-3H3,(H,31,34). The lowest BCUT2D eigenvalue weighted by Crippen LogP contribution is -2.55. The number of benzene rings is 1. The second-order valence-corrected chi connectivity index (χ2v) is 10.9. The molecule has 3 aromatic rings. The quantitative estimate of drug-likeness (QED) is 0.461. The van der Waals surface area contributed by atoms with Crippen LogP contribution in [0.4, 0.5) is 6.01 Å². The van der Waals surface area contributed by atoms with Crippen molar-refractivity contribution in [3.63, 3.8) is 0 Å². The zero-order chi connectivity index (χ0) is 24.4. The molecule has 35 heavy (non-hydrogen) atoms. The van der Waals surface area contributed by atoms with Gasteiger partial charge < -0.3 is 19.6 Å². The molecule has 1 aromatic carbocycles. The summed E-state index contributed by atoms with van der Waals surface area (Å²) in [5.74, 6) is 1.47. The van der Waals surface area contributed by atoms with Crippen molar-refractivity contribution >= 4 is 22.8 Å². The van der Waals surface area contributed by atoms with Crippen molar-refractivity contribution in [3.8, 4) is 0 Å².